The van der Waals surface area contributed by atoms with Crippen LogP contribution in [0.4, 0.5) is 45.5 Å². The average Bonchev–Trinajstić information content (AvgIpc) is 2.69. The highest BCUT2D eigenvalue weighted by Crippen LogP contribution is 2.57. The Labute approximate surface area is 485 Å². The van der Waals surface area contributed by atoms with Crippen LogP contribution in [-0.4, -0.2) is 11.8 Å². The van der Waals surface area contributed by atoms with Gasteiger partial charge >= 0.3 is 0 Å². The summed E-state index contributed by atoms with van der Waals surface area (Å²) in [4.78, 5) is 5.04. The first-order chi connectivity index (χ1) is 39.4. The number of nitrogens with zero attached hydrogens (tertiary/aromatic N) is 3. The van der Waals surface area contributed by atoms with Crippen molar-refractivity contribution in [1.82, 2.24) is 4.57 Å². The van der Waals surface area contributed by atoms with E-state index in [1.165, 1.54) is 117 Å². The smallest absolute Gasteiger partial charge is 0.198 e. The van der Waals surface area contributed by atoms with Crippen molar-refractivity contribution in [3.63, 3.8) is 0 Å². The molecule has 0 amide bonds. The first kappa shape index (κ1) is 50.7. The van der Waals surface area contributed by atoms with E-state index in [-0.39, 0.29) is 27.1 Å². The van der Waals surface area contributed by atoms with Crippen molar-refractivity contribution in [3.8, 4) is 16.8 Å². The molecule has 404 valence electrons. The fraction of sp³-hybridized carbons (Fsp3) is 0.247. The van der Waals surface area contributed by atoms with Gasteiger partial charge in [-0.2, -0.15) is 0 Å². The third-order valence-corrected chi connectivity index (χ3v) is 20.3. The van der Waals surface area contributed by atoms with Gasteiger partial charge in [-0.05, 0) is 181 Å². The standard InChI is InChI=1S/C77H73BN4/c1-73(2)39-40-74(3,4)59-43-49(34-37-56(59)73)79-63-44-52(80(50-24-13-11-14-25-50)51-26-15-12-16-27-51)35-36-54(63)55-45-68(81-64-31-21-19-29-57(64)77(9,10)58-30-20-22-32-65(58)81)70-69-53-28-18-17-23-48(53)33-38-66(69)82-67-47-61-60(46-62(67)78-71(55)72(70)82)75(5,6)41-42-76(61,7)8/h11-38,43-47,78-79H,39-42H2,1-10H3. The molecule has 2 aliphatic carbocycles. The molecule has 5 heteroatoms. The molecule has 4 aliphatic rings. The molecule has 0 bridgehead atoms. The lowest BCUT2D eigenvalue weighted by molar-refractivity contribution is 0.332. The summed E-state index contributed by atoms with van der Waals surface area (Å²) >= 11 is 0. The number of rotatable bonds is 7. The van der Waals surface area contributed by atoms with Crippen molar-refractivity contribution >= 4 is 96.3 Å². The quantitative estimate of drug-likeness (QED) is 0.161. The summed E-state index contributed by atoms with van der Waals surface area (Å²) in [5, 5.41) is 9.36. The van der Waals surface area contributed by atoms with Gasteiger partial charge in [0.2, 0.25) is 0 Å². The van der Waals surface area contributed by atoms with Gasteiger partial charge in [-0.25, -0.2) is 0 Å². The van der Waals surface area contributed by atoms with E-state index < -0.39 is 0 Å². The molecule has 3 heterocycles. The fourth-order valence-electron chi connectivity index (χ4n) is 15.4. The molecule has 1 N–H and O–H groups in total. The summed E-state index contributed by atoms with van der Waals surface area (Å²) in [6.45, 7) is 24.4. The van der Waals surface area contributed by atoms with Crippen molar-refractivity contribution < 1.29 is 0 Å². The topological polar surface area (TPSA) is 23.4 Å². The summed E-state index contributed by atoms with van der Waals surface area (Å²) in [7, 11) is 0.795. The largest absolute Gasteiger partial charge is 0.355 e. The zero-order valence-electron chi connectivity index (χ0n) is 49.4. The van der Waals surface area contributed by atoms with Crippen molar-refractivity contribution in [3.05, 3.63) is 234 Å². The number of para-hydroxylation sites is 4. The van der Waals surface area contributed by atoms with Gasteiger partial charge in [-0.3, -0.25) is 0 Å². The SMILES string of the molecule is CC1(C)CCC(C)(C)c2cc(Nc3cc(N(c4ccccc4)c4ccccc4)ccc3-c3cc(N4c5ccccc5C(C)(C)c5ccccc54)c4c5c6ccccc6ccc5n5c4c3Bc3cc4c(cc3-5)C(C)(C)CCC4(C)C)ccc21. The van der Waals surface area contributed by atoms with Gasteiger partial charge in [-0.15, -0.1) is 0 Å². The number of hydrogen-bond acceptors (Lipinski definition) is 3. The van der Waals surface area contributed by atoms with E-state index >= 15 is 0 Å². The van der Waals surface area contributed by atoms with Crippen LogP contribution in [0.2, 0.25) is 0 Å². The van der Waals surface area contributed by atoms with Gasteiger partial charge in [0.25, 0.3) is 0 Å². The van der Waals surface area contributed by atoms with Crippen molar-refractivity contribution in [1.29, 1.82) is 0 Å². The molecule has 1 aromatic heterocycles. The minimum absolute atomic E-state index is 0.0350. The molecular formula is C77H73BN4. The highest BCUT2D eigenvalue weighted by atomic mass is 15.2. The monoisotopic (exact) mass is 1060 g/mol. The second-order valence-corrected chi connectivity index (χ2v) is 27.5. The molecule has 0 saturated carbocycles. The van der Waals surface area contributed by atoms with Crippen molar-refractivity contribution in [2.75, 3.05) is 15.1 Å². The van der Waals surface area contributed by atoms with Crippen LogP contribution >= 0.6 is 0 Å². The molecule has 0 atom stereocenters. The number of nitrogens with one attached hydrogen (secondary N) is 1. The van der Waals surface area contributed by atoms with E-state index in [1.54, 1.807) is 0 Å². The number of benzene rings is 10. The molecular weight excluding hydrogens is 992 g/mol. The van der Waals surface area contributed by atoms with Crippen LogP contribution in [0.1, 0.15) is 128 Å². The van der Waals surface area contributed by atoms with E-state index in [0.29, 0.717) is 0 Å². The molecule has 10 aromatic carbocycles. The lowest BCUT2D eigenvalue weighted by atomic mass is 9.55. The molecule has 0 saturated heterocycles. The minimum atomic E-state index is -0.231. The van der Waals surface area contributed by atoms with Crippen LogP contribution in [0.3, 0.4) is 0 Å². The van der Waals surface area contributed by atoms with Crippen molar-refractivity contribution in [2.45, 2.75) is 122 Å². The number of hydrogen-bond donors (Lipinski definition) is 1. The maximum atomic E-state index is 4.24. The average molecular weight is 1070 g/mol. The third kappa shape index (κ3) is 7.57. The predicted octanol–water partition coefficient (Wildman–Crippen LogP) is 19.3. The summed E-state index contributed by atoms with van der Waals surface area (Å²) in [5.41, 5.74) is 26.6. The Morgan fingerprint density at radius 3 is 1.62 bits per heavy atom. The number of anilines is 8. The number of fused-ring (bicyclic) bond motifs is 11. The second-order valence-electron chi connectivity index (χ2n) is 27.5. The van der Waals surface area contributed by atoms with Gasteiger partial charge in [-0.1, -0.05) is 196 Å². The highest BCUT2D eigenvalue weighted by molar-refractivity contribution is 6.74. The molecule has 11 aromatic rings. The van der Waals surface area contributed by atoms with Crippen LogP contribution in [0.5, 0.6) is 0 Å². The normalized spacial score (nSPS) is 17.3. The molecule has 2 aliphatic heterocycles. The minimum Gasteiger partial charge on any atom is -0.355 e. The van der Waals surface area contributed by atoms with Crippen LogP contribution in [0.15, 0.2) is 200 Å². The summed E-state index contributed by atoms with van der Waals surface area (Å²) in [6.07, 6.45) is 4.64. The Morgan fingerprint density at radius 1 is 0.415 bits per heavy atom. The summed E-state index contributed by atoms with van der Waals surface area (Å²) in [6, 6.07) is 76.3. The zero-order valence-corrected chi connectivity index (χ0v) is 49.4. The Morgan fingerprint density at radius 2 is 0.976 bits per heavy atom. The van der Waals surface area contributed by atoms with Crippen LogP contribution < -0.4 is 26.0 Å². The highest BCUT2D eigenvalue weighted by Gasteiger charge is 2.43. The molecule has 0 unspecified atom stereocenters. The summed E-state index contributed by atoms with van der Waals surface area (Å²) in [5.74, 6) is 0. The van der Waals surface area contributed by atoms with Gasteiger partial charge < -0.3 is 19.7 Å². The van der Waals surface area contributed by atoms with E-state index in [1.807, 2.05) is 0 Å². The first-order valence-corrected chi connectivity index (χ1v) is 30.1. The third-order valence-electron chi connectivity index (χ3n) is 20.3. The summed E-state index contributed by atoms with van der Waals surface area (Å²) < 4.78 is 2.71. The molecule has 82 heavy (non-hydrogen) atoms. The van der Waals surface area contributed by atoms with Crippen molar-refractivity contribution in [2.24, 2.45) is 0 Å². The van der Waals surface area contributed by atoms with Gasteiger partial charge in [0, 0.05) is 55.9 Å². The van der Waals surface area contributed by atoms with Crippen LogP contribution in [0, 0.1) is 0 Å². The lowest BCUT2D eigenvalue weighted by Crippen LogP contribution is -2.41. The Balaban J connectivity index is 1.09. The molecule has 0 radical (unpaired) electrons. The van der Waals surface area contributed by atoms with Gasteiger partial charge in [0.15, 0.2) is 7.28 Å². The first-order valence-electron chi connectivity index (χ1n) is 30.1. The molecule has 4 nitrogen and oxygen atoms in total. The van der Waals surface area contributed by atoms with Crippen LogP contribution in [-0.2, 0) is 27.1 Å². The fourth-order valence-corrected chi connectivity index (χ4v) is 15.4. The lowest BCUT2D eigenvalue weighted by Gasteiger charge is -2.43. The van der Waals surface area contributed by atoms with E-state index in [9.17, 15) is 0 Å². The molecule has 0 fully saturated rings. The number of aromatic nitrogens is 1. The van der Waals surface area contributed by atoms with Gasteiger partial charge in [0.1, 0.15) is 0 Å². The second kappa shape index (κ2) is 17.9. The Bertz CT molecular complexity index is 4350. The zero-order chi connectivity index (χ0) is 56.2. The maximum absolute atomic E-state index is 4.24. The predicted molar refractivity (Wildman–Crippen MR) is 352 cm³/mol. The molecule has 15 rings (SSSR count). The maximum Gasteiger partial charge on any atom is 0.198 e. The van der Waals surface area contributed by atoms with E-state index in [4.69, 9.17) is 0 Å². The van der Waals surface area contributed by atoms with Gasteiger partial charge in [0.05, 0.1) is 28.1 Å². The van der Waals surface area contributed by atoms with E-state index in [0.717, 1.165) is 55.0 Å². The Kier molecular flexibility index (Phi) is 11.0. The Hall–Kier alpha value is -8.28. The van der Waals surface area contributed by atoms with Crippen LogP contribution in [0.25, 0.3) is 49.4 Å². The van der Waals surface area contributed by atoms with E-state index in [2.05, 4.69) is 289 Å². The molecule has 0 spiro atoms.